The SMILES string of the molecule is CC(C)CC(NCc1nc(-c2cc3c(Nc4ccc(OCc5cccc(F)c5)c(Cl)c4)ncnc3cn2)cs1)=S(=O)=O. The van der Waals surface area contributed by atoms with Crippen LogP contribution >= 0.6 is 22.9 Å². The molecule has 5 rings (SSSR count). The van der Waals surface area contributed by atoms with Crippen LogP contribution in [0.4, 0.5) is 15.9 Å². The first kappa shape index (κ1) is 29.5. The van der Waals surface area contributed by atoms with E-state index in [1.54, 1.807) is 30.5 Å². The van der Waals surface area contributed by atoms with Gasteiger partial charge >= 0.3 is 0 Å². The topological polar surface area (TPSA) is 119 Å². The number of anilines is 2. The van der Waals surface area contributed by atoms with Crippen molar-refractivity contribution in [2.45, 2.75) is 33.4 Å². The summed E-state index contributed by atoms with van der Waals surface area (Å²) >= 11 is 7.89. The van der Waals surface area contributed by atoms with Gasteiger partial charge in [0.05, 0.1) is 34.7 Å². The molecule has 0 bridgehead atoms. The number of pyridine rings is 1. The van der Waals surface area contributed by atoms with E-state index in [4.69, 9.17) is 16.3 Å². The van der Waals surface area contributed by atoms with Gasteiger partial charge in [-0.2, -0.15) is 8.42 Å². The Morgan fingerprint density at radius 1 is 1.10 bits per heavy atom. The number of rotatable bonds is 10. The molecule has 42 heavy (non-hydrogen) atoms. The smallest absolute Gasteiger partial charge is 0.228 e. The summed E-state index contributed by atoms with van der Waals surface area (Å²) in [5.74, 6) is 0.900. The van der Waals surface area contributed by atoms with Crippen molar-refractivity contribution in [2.24, 2.45) is 5.92 Å². The zero-order chi connectivity index (χ0) is 29.6. The number of hydrogen-bond donors (Lipinski definition) is 2. The molecule has 0 amide bonds. The molecule has 0 spiro atoms. The third-order valence-corrected chi connectivity index (χ3v) is 7.90. The van der Waals surface area contributed by atoms with Crippen molar-refractivity contribution < 1.29 is 17.5 Å². The third-order valence-electron chi connectivity index (χ3n) is 6.05. The predicted molar refractivity (Wildman–Crippen MR) is 164 cm³/mol. The van der Waals surface area contributed by atoms with Crippen LogP contribution in [0.1, 0.15) is 30.8 Å². The number of nitrogens with zero attached hydrogens (tertiary/aromatic N) is 4. The lowest BCUT2D eigenvalue weighted by atomic mass is 10.1. The van der Waals surface area contributed by atoms with Crippen molar-refractivity contribution >= 4 is 60.6 Å². The van der Waals surface area contributed by atoms with Crippen LogP contribution in [0.3, 0.4) is 0 Å². The summed E-state index contributed by atoms with van der Waals surface area (Å²) in [4.78, 5) is 18.2. The molecule has 0 aliphatic heterocycles. The summed E-state index contributed by atoms with van der Waals surface area (Å²) in [5.41, 5.74) is 3.30. The molecule has 2 N–H and O–H groups in total. The Labute approximate surface area is 252 Å². The number of benzene rings is 2. The zero-order valence-electron chi connectivity index (χ0n) is 22.6. The Morgan fingerprint density at radius 3 is 2.71 bits per heavy atom. The van der Waals surface area contributed by atoms with Gasteiger partial charge in [0.1, 0.15) is 40.3 Å². The molecule has 0 aliphatic rings. The highest BCUT2D eigenvalue weighted by molar-refractivity contribution is 7.72. The quantitative estimate of drug-likeness (QED) is 0.170. The Balaban J connectivity index is 1.31. The minimum atomic E-state index is -2.30. The Morgan fingerprint density at radius 2 is 1.95 bits per heavy atom. The second-order valence-corrected chi connectivity index (χ2v) is 12.0. The molecule has 216 valence electrons. The van der Waals surface area contributed by atoms with Gasteiger partial charge < -0.3 is 10.1 Å². The van der Waals surface area contributed by atoms with Crippen LogP contribution in [-0.2, 0) is 23.4 Å². The molecule has 0 fully saturated rings. The minimum absolute atomic E-state index is 0.181. The fraction of sp³-hybridized carbons (Fsp3) is 0.207. The first-order valence-electron chi connectivity index (χ1n) is 12.9. The average molecular weight is 625 g/mol. The van der Waals surface area contributed by atoms with Crippen LogP contribution in [0.2, 0.25) is 5.02 Å². The van der Waals surface area contributed by atoms with Gasteiger partial charge in [0.15, 0.2) is 0 Å². The molecule has 0 atom stereocenters. The number of fused-ring (bicyclic) bond motifs is 1. The second-order valence-electron chi connectivity index (χ2n) is 9.73. The number of halogens is 2. The van der Waals surface area contributed by atoms with E-state index in [0.29, 0.717) is 57.7 Å². The lowest BCUT2D eigenvalue weighted by Gasteiger charge is -2.12. The summed E-state index contributed by atoms with van der Waals surface area (Å²) < 4.78 is 42.3. The number of hydrogen-bond acceptors (Lipinski definition) is 9. The highest BCUT2D eigenvalue weighted by Gasteiger charge is 2.13. The highest BCUT2D eigenvalue weighted by atomic mass is 35.5. The Kier molecular flexibility index (Phi) is 9.38. The first-order chi connectivity index (χ1) is 20.2. The molecule has 0 saturated heterocycles. The number of nitrogens with one attached hydrogen (secondary N) is 2. The van der Waals surface area contributed by atoms with E-state index in [2.05, 4.69) is 30.6 Å². The average Bonchev–Trinajstić information content (AvgIpc) is 3.44. The van der Waals surface area contributed by atoms with Gasteiger partial charge in [-0.25, -0.2) is 19.3 Å². The van der Waals surface area contributed by atoms with Crippen LogP contribution < -0.4 is 15.4 Å². The van der Waals surface area contributed by atoms with Gasteiger partial charge in [0, 0.05) is 16.5 Å². The van der Waals surface area contributed by atoms with Crippen molar-refractivity contribution in [2.75, 3.05) is 5.32 Å². The van der Waals surface area contributed by atoms with Gasteiger partial charge in [0.25, 0.3) is 0 Å². The van der Waals surface area contributed by atoms with Crippen LogP contribution in [0.15, 0.2) is 66.4 Å². The molecular formula is C29H26ClFN6O3S2. The molecule has 5 aromatic rings. The molecule has 0 saturated carbocycles. The maximum absolute atomic E-state index is 13.5. The van der Waals surface area contributed by atoms with E-state index in [1.165, 1.54) is 29.8 Å². The molecule has 3 aromatic heterocycles. The van der Waals surface area contributed by atoms with Gasteiger partial charge in [-0.3, -0.25) is 10.3 Å². The fourth-order valence-electron chi connectivity index (χ4n) is 4.07. The van der Waals surface area contributed by atoms with Crippen LogP contribution in [-0.4, -0.2) is 33.3 Å². The van der Waals surface area contributed by atoms with Crippen molar-refractivity contribution in [1.29, 1.82) is 0 Å². The lowest BCUT2D eigenvalue weighted by molar-refractivity contribution is 0.306. The molecule has 2 aromatic carbocycles. The minimum Gasteiger partial charge on any atom is -0.487 e. The normalized spacial score (nSPS) is 11.2. The number of thiazole rings is 1. The molecule has 0 unspecified atom stereocenters. The van der Waals surface area contributed by atoms with Crippen LogP contribution in [0.5, 0.6) is 5.75 Å². The van der Waals surface area contributed by atoms with E-state index in [0.717, 1.165) is 10.4 Å². The standard InChI is InChI=1S/C29H26ClFN6O3S2/c1-17(2)8-28(42(38)39)33-13-27-37-25(15-41-27)23-11-21-24(12-32-23)34-16-35-29(21)36-20-6-7-26(22(30)10-20)40-14-18-4-3-5-19(31)9-18/h3-7,9-12,15-17,33H,8,13-14H2,1-2H3,(H,34,35,36). The molecule has 0 aliphatic carbocycles. The monoisotopic (exact) mass is 624 g/mol. The van der Waals surface area contributed by atoms with E-state index < -0.39 is 10.3 Å². The maximum Gasteiger partial charge on any atom is 0.228 e. The molecular weight excluding hydrogens is 599 g/mol. The van der Waals surface area contributed by atoms with Crippen molar-refractivity contribution in [3.63, 3.8) is 0 Å². The zero-order valence-corrected chi connectivity index (χ0v) is 25.0. The first-order valence-corrected chi connectivity index (χ1v) is 15.3. The Bertz CT molecular complexity index is 1870. The summed E-state index contributed by atoms with van der Waals surface area (Å²) in [6, 6.07) is 13.3. The molecule has 13 heteroatoms. The van der Waals surface area contributed by atoms with Gasteiger partial charge in [-0.1, -0.05) is 37.6 Å². The van der Waals surface area contributed by atoms with E-state index in [1.807, 2.05) is 31.4 Å². The lowest BCUT2D eigenvalue weighted by Crippen LogP contribution is -2.25. The van der Waals surface area contributed by atoms with Gasteiger partial charge in [-0.15, -0.1) is 11.3 Å². The van der Waals surface area contributed by atoms with Gasteiger partial charge in [-0.05, 0) is 54.3 Å². The summed E-state index contributed by atoms with van der Waals surface area (Å²) in [5, 5.41) is 9.99. The fourth-order valence-corrected chi connectivity index (χ4v) is 5.69. The summed E-state index contributed by atoms with van der Waals surface area (Å²) in [6.45, 7) is 4.40. The number of ether oxygens (including phenoxy) is 1. The van der Waals surface area contributed by atoms with E-state index in [-0.39, 0.29) is 23.3 Å². The van der Waals surface area contributed by atoms with Crippen molar-refractivity contribution in [3.8, 4) is 17.1 Å². The molecule has 9 nitrogen and oxygen atoms in total. The predicted octanol–water partition coefficient (Wildman–Crippen LogP) is 6.41. The molecule has 3 heterocycles. The van der Waals surface area contributed by atoms with E-state index >= 15 is 0 Å². The molecule has 0 radical (unpaired) electrons. The maximum atomic E-state index is 13.5. The summed E-state index contributed by atoms with van der Waals surface area (Å²) in [6.07, 6.45) is 3.54. The van der Waals surface area contributed by atoms with Crippen molar-refractivity contribution in [3.05, 3.63) is 87.8 Å². The summed E-state index contributed by atoms with van der Waals surface area (Å²) in [7, 11) is -2.30. The van der Waals surface area contributed by atoms with Crippen molar-refractivity contribution in [1.82, 2.24) is 25.3 Å². The van der Waals surface area contributed by atoms with Gasteiger partial charge in [0.2, 0.25) is 10.3 Å². The highest BCUT2D eigenvalue weighted by Crippen LogP contribution is 2.32. The second kappa shape index (κ2) is 13.3. The third kappa shape index (κ3) is 7.45. The largest absolute Gasteiger partial charge is 0.487 e. The Hall–Kier alpha value is -3.97. The van der Waals surface area contributed by atoms with Crippen LogP contribution in [0, 0.1) is 11.7 Å². The van der Waals surface area contributed by atoms with E-state index in [9.17, 15) is 12.8 Å². The van der Waals surface area contributed by atoms with Crippen LogP contribution in [0.25, 0.3) is 22.3 Å². The number of aromatic nitrogens is 4.